The van der Waals surface area contributed by atoms with Gasteiger partial charge in [0, 0.05) is 30.3 Å². The van der Waals surface area contributed by atoms with Crippen LogP contribution >= 0.6 is 0 Å². The lowest BCUT2D eigenvalue weighted by Gasteiger charge is -2.26. The molecule has 18 heavy (non-hydrogen) atoms. The number of rotatable bonds is 6. The smallest absolute Gasteiger partial charge is 0.221 e. The molecular weight excluding hydrogens is 228 g/mol. The molecule has 3 N–H and O–H groups in total. The Balaban J connectivity index is 2.65. The predicted molar refractivity (Wildman–Crippen MR) is 74.7 cm³/mol. The number of hydrogen-bond acceptors (Lipinski definition) is 3. The summed E-state index contributed by atoms with van der Waals surface area (Å²) in [6, 6.07) is 7.56. The third kappa shape index (κ3) is 4.37. The molecule has 0 spiro atoms. The molecule has 0 bridgehead atoms. The van der Waals surface area contributed by atoms with E-state index in [1.807, 2.05) is 31.2 Å². The maximum atomic E-state index is 11.0. The van der Waals surface area contributed by atoms with E-state index in [1.165, 1.54) is 6.92 Å². The van der Waals surface area contributed by atoms with E-state index in [1.54, 1.807) is 0 Å². The van der Waals surface area contributed by atoms with E-state index in [2.05, 4.69) is 17.6 Å². The van der Waals surface area contributed by atoms with Crippen LogP contribution in [0.4, 0.5) is 11.4 Å². The van der Waals surface area contributed by atoms with Gasteiger partial charge in [0.15, 0.2) is 0 Å². The minimum absolute atomic E-state index is 0.0825. The number of amides is 1. The number of hydrogen-bond donors (Lipinski definition) is 3. The summed E-state index contributed by atoms with van der Waals surface area (Å²) in [7, 11) is 0. The highest BCUT2D eigenvalue weighted by Crippen LogP contribution is 2.22. The summed E-state index contributed by atoms with van der Waals surface area (Å²) in [5, 5.41) is 15.4. The van der Waals surface area contributed by atoms with E-state index >= 15 is 0 Å². The third-order valence-corrected chi connectivity index (χ3v) is 3.14. The summed E-state index contributed by atoms with van der Waals surface area (Å²) in [5.74, 6) is -0.0825. The zero-order valence-corrected chi connectivity index (χ0v) is 11.3. The second kappa shape index (κ2) is 6.40. The first-order valence-electron chi connectivity index (χ1n) is 6.21. The molecule has 0 fully saturated rings. The topological polar surface area (TPSA) is 61.4 Å². The van der Waals surface area contributed by atoms with Gasteiger partial charge in [0.05, 0.1) is 6.61 Å². The molecule has 4 heteroatoms. The van der Waals surface area contributed by atoms with Crippen LogP contribution in [0, 0.1) is 5.41 Å². The van der Waals surface area contributed by atoms with Gasteiger partial charge in [0.2, 0.25) is 5.91 Å². The number of carbonyl (C=O) groups is 1. The number of anilines is 2. The van der Waals surface area contributed by atoms with Crippen molar-refractivity contribution >= 4 is 17.3 Å². The Labute approximate surface area is 108 Å². The summed E-state index contributed by atoms with van der Waals surface area (Å²) < 4.78 is 0. The molecular formula is C14H22N2O2. The highest BCUT2D eigenvalue weighted by molar-refractivity contribution is 5.89. The van der Waals surface area contributed by atoms with Crippen molar-refractivity contribution in [2.45, 2.75) is 27.2 Å². The van der Waals surface area contributed by atoms with Gasteiger partial charge >= 0.3 is 0 Å². The van der Waals surface area contributed by atoms with Crippen LogP contribution in [0.25, 0.3) is 0 Å². The monoisotopic (exact) mass is 250 g/mol. The van der Waals surface area contributed by atoms with Crippen LogP contribution in [0.2, 0.25) is 0 Å². The Hall–Kier alpha value is -1.55. The number of nitrogens with one attached hydrogen (secondary N) is 2. The van der Waals surface area contributed by atoms with Crippen molar-refractivity contribution in [2.24, 2.45) is 5.41 Å². The first-order valence-corrected chi connectivity index (χ1v) is 6.21. The second-order valence-electron chi connectivity index (χ2n) is 4.94. The normalized spacial score (nSPS) is 13.8. The van der Waals surface area contributed by atoms with Crippen molar-refractivity contribution in [1.29, 1.82) is 0 Å². The maximum absolute atomic E-state index is 11.0. The van der Waals surface area contributed by atoms with E-state index in [4.69, 9.17) is 0 Å². The van der Waals surface area contributed by atoms with Crippen molar-refractivity contribution in [2.75, 3.05) is 23.8 Å². The summed E-state index contributed by atoms with van der Waals surface area (Å²) >= 11 is 0. The van der Waals surface area contributed by atoms with Gasteiger partial charge in [-0.15, -0.1) is 0 Å². The van der Waals surface area contributed by atoms with Crippen LogP contribution in [-0.4, -0.2) is 24.2 Å². The molecule has 1 amide bonds. The zero-order chi connectivity index (χ0) is 13.6. The van der Waals surface area contributed by atoms with Crippen molar-refractivity contribution < 1.29 is 9.90 Å². The Morgan fingerprint density at radius 1 is 1.39 bits per heavy atom. The van der Waals surface area contributed by atoms with Crippen LogP contribution < -0.4 is 10.6 Å². The highest BCUT2D eigenvalue weighted by atomic mass is 16.3. The lowest BCUT2D eigenvalue weighted by atomic mass is 9.88. The minimum atomic E-state index is -0.121. The van der Waals surface area contributed by atoms with Crippen LogP contribution in [-0.2, 0) is 4.79 Å². The minimum Gasteiger partial charge on any atom is -0.396 e. The maximum Gasteiger partial charge on any atom is 0.221 e. The average molecular weight is 250 g/mol. The molecule has 0 heterocycles. The fourth-order valence-electron chi connectivity index (χ4n) is 1.52. The molecule has 100 valence electrons. The molecule has 0 saturated heterocycles. The zero-order valence-electron chi connectivity index (χ0n) is 11.3. The highest BCUT2D eigenvalue weighted by Gasteiger charge is 2.20. The molecule has 1 aromatic carbocycles. The number of benzene rings is 1. The van der Waals surface area contributed by atoms with Gasteiger partial charge in [-0.3, -0.25) is 4.79 Å². The molecule has 0 radical (unpaired) electrons. The van der Waals surface area contributed by atoms with Crippen molar-refractivity contribution in [3.8, 4) is 0 Å². The van der Waals surface area contributed by atoms with Gasteiger partial charge < -0.3 is 15.7 Å². The molecule has 0 saturated carbocycles. The van der Waals surface area contributed by atoms with Gasteiger partial charge in [-0.05, 0) is 24.6 Å². The Morgan fingerprint density at radius 2 is 2.06 bits per heavy atom. The van der Waals surface area contributed by atoms with Gasteiger partial charge in [0.25, 0.3) is 0 Å². The summed E-state index contributed by atoms with van der Waals surface area (Å²) in [5.41, 5.74) is 1.59. The van der Waals surface area contributed by atoms with E-state index in [9.17, 15) is 9.90 Å². The van der Waals surface area contributed by atoms with Crippen molar-refractivity contribution in [3.05, 3.63) is 24.3 Å². The van der Waals surface area contributed by atoms with Crippen LogP contribution in [0.1, 0.15) is 27.2 Å². The molecule has 1 aromatic rings. The second-order valence-corrected chi connectivity index (χ2v) is 4.94. The SMILES string of the molecule is CCC(C)(CO)CNc1cccc(NC(C)=O)c1. The van der Waals surface area contributed by atoms with Crippen LogP contribution in [0.3, 0.4) is 0 Å². The third-order valence-electron chi connectivity index (χ3n) is 3.14. The molecule has 0 aliphatic rings. The largest absolute Gasteiger partial charge is 0.396 e. The van der Waals surface area contributed by atoms with Gasteiger partial charge in [-0.1, -0.05) is 19.9 Å². The Bertz CT molecular complexity index is 401. The first kappa shape index (κ1) is 14.5. The standard InChI is InChI=1S/C14H22N2O2/c1-4-14(3,10-17)9-15-12-6-5-7-13(8-12)16-11(2)18/h5-8,15,17H,4,9-10H2,1-3H3,(H,16,18). The molecule has 1 rings (SSSR count). The number of carbonyl (C=O) groups excluding carboxylic acids is 1. The van der Waals surface area contributed by atoms with E-state index in [-0.39, 0.29) is 17.9 Å². The molecule has 1 atom stereocenters. The van der Waals surface area contributed by atoms with Crippen LogP contribution in [0.5, 0.6) is 0 Å². The van der Waals surface area contributed by atoms with Crippen molar-refractivity contribution in [3.63, 3.8) is 0 Å². The molecule has 0 aliphatic heterocycles. The molecule has 0 aromatic heterocycles. The Kier molecular flexibility index (Phi) is 5.16. The van der Waals surface area contributed by atoms with Gasteiger partial charge in [-0.25, -0.2) is 0 Å². The van der Waals surface area contributed by atoms with Crippen molar-refractivity contribution in [1.82, 2.24) is 0 Å². The van der Waals surface area contributed by atoms with Gasteiger partial charge in [0.1, 0.15) is 0 Å². The number of aliphatic hydroxyl groups is 1. The van der Waals surface area contributed by atoms with E-state index in [0.29, 0.717) is 6.54 Å². The summed E-state index contributed by atoms with van der Waals surface area (Å²) in [6.07, 6.45) is 0.905. The quantitative estimate of drug-likeness (QED) is 0.727. The van der Waals surface area contributed by atoms with Gasteiger partial charge in [-0.2, -0.15) is 0 Å². The Morgan fingerprint density at radius 3 is 2.61 bits per heavy atom. The fourth-order valence-corrected chi connectivity index (χ4v) is 1.52. The molecule has 1 unspecified atom stereocenters. The van der Waals surface area contributed by atoms with Crippen LogP contribution in [0.15, 0.2) is 24.3 Å². The lowest BCUT2D eigenvalue weighted by Crippen LogP contribution is -2.29. The summed E-state index contributed by atoms with van der Waals surface area (Å²) in [4.78, 5) is 11.0. The summed E-state index contributed by atoms with van der Waals surface area (Å²) in [6.45, 7) is 6.44. The van der Waals surface area contributed by atoms with E-state index < -0.39 is 0 Å². The van der Waals surface area contributed by atoms with E-state index in [0.717, 1.165) is 17.8 Å². The predicted octanol–water partition coefficient (Wildman–Crippen LogP) is 2.47. The fraction of sp³-hybridized carbons (Fsp3) is 0.500. The molecule has 4 nitrogen and oxygen atoms in total. The first-order chi connectivity index (χ1) is 8.49. The lowest BCUT2D eigenvalue weighted by molar-refractivity contribution is -0.114. The number of aliphatic hydroxyl groups excluding tert-OH is 1. The average Bonchev–Trinajstić information content (AvgIpc) is 2.36. The molecule has 0 aliphatic carbocycles.